The molecule has 4 nitrogen and oxygen atoms in total. The summed E-state index contributed by atoms with van der Waals surface area (Å²) in [5.41, 5.74) is 0.837. The Kier molecular flexibility index (Phi) is 8.56. The third-order valence-corrected chi connectivity index (χ3v) is 4.19. The van der Waals surface area contributed by atoms with Crippen LogP contribution in [-0.4, -0.2) is 47.8 Å². The molecular weight excluding hydrogens is 347 g/mol. The van der Waals surface area contributed by atoms with Crippen LogP contribution in [0.1, 0.15) is 12.5 Å². The summed E-state index contributed by atoms with van der Waals surface area (Å²) in [5, 5.41) is 0.509. The van der Waals surface area contributed by atoms with Gasteiger partial charge in [0.2, 0.25) is 11.8 Å². The van der Waals surface area contributed by atoms with Crippen LogP contribution in [0.3, 0.4) is 0 Å². The second-order valence-corrected chi connectivity index (χ2v) is 5.70. The minimum absolute atomic E-state index is 0. The molecule has 1 heterocycles. The molecule has 1 aliphatic heterocycles. The Hall–Kier alpha value is 0.0464. The summed E-state index contributed by atoms with van der Waals surface area (Å²) in [6, 6.07) is 5.31. The molecular formula is C15H16ClKN2O2S. The molecule has 1 aliphatic rings. The van der Waals surface area contributed by atoms with Gasteiger partial charge >= 0.3 is 51.4 Å². The van der Waals surface area contributed by atoms with Gasteiger partial charge in [-0.1, -0.05) is 23.7 Å². The van der Waals surface area contributed by atoms with Crippen molar-refractivity contribution in [3.8, 4) is 0 Å². The maximum Gasteiger partial charge on any atom is 1.00 e. The van der Waals surface area contributed by atoms with E-state index in [9.17, 15) is 9.59 Å². The molecule has 7 heteroatoms. The number of halogens is 1. The topological polar surface area (TPSA) is 40.6 Å². The van der Waals surface area contributed by atoms with Crippen LogP contribution in [0.15, 0.2) is 29.2 Å². The average Bonchev–Trinajstić information content (AvgIpc) is 2.48. The minimum atomic E-state index is -0.0585. The summed E-state index contributed by atoms with van der Waals surface area (Å²) < 4.78 is 0. The first kappa shape index (κ1) is 20.1. The van der Waals surface area contributed by atoms with Gasteiger partial charge in [-0.3, -0.25) is 9.59 Å². The fraction of sp³-hybridized carbons (Fsp3) is 0.333. The molecule has 0 saturated carbocycles. The van der Waals surface area contributed by atoms with Crippen LogP contribution in [0.25, 0.3) is 6.08 Å². The van der Waals surface area contributed by atoms with Gasteiger partial charge in [0.25, 0.3) is 0 Å². The summed E-state index contributed by atoms with van der Waals surface area (Å²) >= 11 is 11.0. The number of rotatable bonds is 2. The molecule has 112 valence electrons. The van der Waals surface area contributed by atoms with Gasteiger partial charge in [-0.25, -0.2) is 0 Å². The largest absolute Gasteiger partial charge is 1.00 e. The van der Waals surface area contributed by atoms with Gasteiger partial charge < -0.3 is 22.4 Å². The van der Waals surface area contributed by atoms with E-state index >= 15 is 0 Å². The van der Waals surface area contributed by atoms with Crippen LogP contribution in [-0.2, 0) is 22.2 Å². The van der Waals surface area contributed by atoms with Crippen molar-refractivity contribution in [1.82, 2.24) is 9.80 Å². The average molecular weight is 363 g/mol. The zero-order valence-electron chi connectivity index (χ0n) is 12.7. The van der Waals surface area contributed by atoms with Crippen molar-refractivity contribution in [3.63, 3.8) is 0 Å². The van der Waals surface area contributed by atoms with Gasteiger partial charge in [-0.2, -0.15) is 4.90 Å². The fourth-order valence-electron chi connectivity index (χ4n) is 2.14. The molecule has 1 fully saturated rings. The zero-order chi connectivity index (χ0) is 15.4. The van der Waals surface area contributed by atoms with Crippen LogP contribution in [0, 0.1) is 0 Å². The molecule has 0 aliphatic carbocycles. The Balaban J connectivity index is 0.00000242. The van der Waals surface area contributed by atoms with E-state index < -0.39 is 0 Å². The third-order valence-electron chi connectivity index (χ3n) is 3.41. The molecule has 1 saturated heterocycles. The van der Waals surface area contributed by atoms with Crippen molar-refractivity contribution in [2.45, 2.75) is 11.8 Å². The van der Waals surface area contributed by atoms with Gasteiger partial charge in [0.1, 0.15) is 0 Å². The van der Waals surface area contributed by atoms with Crippen molar-refractivity contribution in [2.24, 2.45) is 0 Å². The van der Waals surface area contributed by atoms with Crippen molar-refractivity contribution in [2.75, 3.05) is 26.2 Å². The van der Waals surface area contributed by atoms with Crippen LogP contribution in [0.2, 0.25) is 5.02 Å². The number of piperazine rings is 1. The Labute approximate surface area is 183 Å². The molecule has 2 rings (SSSR count). The normalized spacial score (nSPS) is 14.8. The Morgan fingerprint density at radius 2 is 1.77 bits per heavy atom. The quantitative estimate of drug-likeness (QED) is 0.383. The smallest absolute Gasteiger partial charge is 0.778 e. The maximum atomic E-state index is 12.1. The second-order valence-electron chi connectivity index (χ2n) is 4.85. The Morgan fingerprint density at radius 1 is 1.18 bits per heavy atom. The molecule has 0 spiro atoms. The van der Waals surface area contributed by atoms with Gasteiger partial charge in [-0.05, 0) is 17.7 Å². The molecule has 0 bridgehead atoms. The predicted octanol–water partition coefficient (Wildman–Crippen LogP) is -1.05. The molecule has 0 aromatic heterocycles. The number of carbonyl (C=O) groups is 2. The molecule has 22 heavy (non-hydrogen) atoms. The van der Waals surface area contributed by atoms with E-state index in [-0.39, 0.29) is 63.2 Å². The minimum Gasteiger partial charge on any atom is -0.778 e. The fourth-order valence-corrected chi connectivity index (χ4v) is 2.45. The van der Waals surface area contributed by atoms with Gasteiger partial charge in [0.05, 0.1) is 0 Å². The zero-order valence-corrected chi connectivity index (χ0v) is 17.4. The number of hydrogen-bond donors (Lipinski definition) is 0. The molecule has 0 atom stereocenters. The summed E-state index contributed by atoms with van der Waals surface area (Å²) in [4.78, 5) is 27.4. The molecule has 1 aromatic carbocycles. The summed E-state index contributed by atoms with van der Waals surface area (Å²) in [7, 11) is 0. The third kappa shape index (κ3) is 5.60. The summed E-state index contributed by atoms with van der Waals surface area (Å²) in [6.45, 7) is 3.85. The van der Waals surface area contributed by atoms with Crippen molar-refractivity contribution < 1.29 is 61.0 Å². The number of hydrogen-bond acceptors (Lipinski definition) is 3. The second kappa shape index (κ2) is 9.37. The molecule has 0 radical (unpaired) electrons. The molecule has 1 aromatic rings. The predicted molar refractivity (Wildman–Crippen MR) is 85.0 cm³/mol. The van der Waals surface area contributed by atoms with Crippen LogP contribution in [0.4, 0.5) is 0 Å². The SMILES string of the molecule is CC(=O)N1CCN(C(=O)/C=C/c2ccc([S-])c(Cl)c2)CC1.[K+]. The van der Waals surface area contributed by atoms with E-state index in [0.717, 1.165) is 5.56 Å². The number of benzene rings is 1. The van der Waals surface area contributed by atoms with Crippen molar-refractivity contribution in [3.05, 3.63) is 34.9 Å². The summed E-state index contributed by atoms with van der Waals surface area (Å²) in [6.07, 6.45) is 3.25. The number of carbonyl (C=O) groups excluding carboxylic acids is 2. The monoisotopic (exact) mass is 362 g/mol. The van der Waals surface area contributed by atoms with Crippen LogP contribution in [0.5, 0.6) is 0 Å². The molecule has 0 unspecified atom stereocenters. The van der Waals surface area contributed by atoms with Crippen LogP contribution < -0.4 is 51.4 Å². The van der Waals surface area contributed by atoms with E-state index in [0.29, 0.717) is 36.1 Å². The van der Waals surface area contributed by atoms with Gasteiger partial charge in [0.15, 0.2) is 0 Å². The molecule has 2 amide bonds. The van der Waals surface area contributed by atoms with E-state index in [1.165, 1.54) is 6.08 Å². The van der Waals surface area contributed by atoms with E-state index in [1.807, 2.05) is 6.07 Å². The van der Waals surface area contributed by atoms with Crippen LogP contribution >= 0.6 is 11.6 Å². The van der Waals surface area contributed by atoms with E-state index in [1.54, 1.807) is 34.9 Å². The maximum absolute atomic E-state index is 12.1. The molecule has 0 N–H and O–H groups in total. The Morgan fingerprint density at radius 3 is 2.32 bits per heavy atom. The van der Waals surface area contributed by atoms with Gasteiger partial charge in [0, 0.05) is 44.2 Å². The number of amides is 2. The van der Waals surface area contributed by atoms with E-state index in [2.05, 4.69) is 0 Å². The van der Waals surface area contributed by atoms with Gasteiger partial charge in [-0.15, -0.1) is 0 Å². The Bertz CT molecular complexity index is 587. The summed E-state index contributed by atoms with van der Waals surface area (Å²) in [5.74, 6) is -0.00642. The van der Waals surface area contributed by atoms with Crippen molar-refractivity contribution >= 4 is 42.1 Å². The standard InChI is InChI=1S/C15H17ClN2O2S.K/c1-11(19)17-6-8-18(9-7-17)15(20)5-3-12-2-4-14(21)13(16)10-12;/h2-5,10,21H,6-9H2,1H3;/q;+1/p-1/b5-3+;. The first-order valence-electron chi connectivity index (χ1n) is 6.66. The first-order valence-corrected chi connectivity index (χ1v) is 7.45. The first-order chi connectivity index (χ1) is 9.97. The van der Waals surface area contributed by atoms with Crippen molar-refractivity contribution in [1.29, 1.82) is 0 Å². The number of nitrogens with zero attached hydrogens (tertiary/aromatic N) is 2. The van der Waals surface area contributed by atoms with E-state index in [4.69, 9.17) is 24.2 Å².